The lowest BCUT2D eigenvalue weighted by molar-refractivity contribution is 0.517. The molecule has 0 aliphatic rings. The van der Waals surface area contributed by atoms with E-state index in [4.69, 9.17) is 11.6 Å². The van der Waals surface area contributed by atoms with Gasteiger partial charge in [-0.2, -0.15) is 0 Å². The van der Waals surface area contributed by atoms with E-state index in [-0.39, 0.29) is 10.0 Å². The number of halogens is 2. The lowest BCUT2D eigenvalue weighted by Crippen LogP contribution is -2.25. The fourth-order valence-electron chi connectivity index (χ4n) is 1.91. The fraction of sp³-hybridized carbons (Fsp3) is 0.643. The standard InChI is InChI=1S/C14H22BrClN2O2S/c1-11(2)7-5-3-4-6-8-18-21(19,20)13-9-12(15)10-17-14(13)16/h9-11,18H,3-8H2,1-2H3. The van der Waals surface area contributed by atoms with Crippen molar-refractivity contribution in [1.29, 1.82) is 0 Å². The Morgan fingerprint density at radius 2 is 1.95 bits per heavy atom. The van der Waals surface area contributed by atoms with E-state index in [1.165, 1.54) is 25.1 Å². The van der Waals surface area contributed by atoms with Crippen LogP contribution in [0.2, 0.25) is 5.15 Å². The number of aromatic nitrogens is 1. The summed E-state index contributed by atoms with van der Waals surface area (Å²) < 4.78 is 27.4. The van der Waals surface area contributed by atoms with Crippen LogP contribution in [0.4, 0.5) is 0 Å². The highest BCUT2D eigenvalue weighted by molar-refractivity contribution is 9.10. The van der Waals surface area contributed by atoms with Crippen molar-refractivity contribution >= 4 is 37.6 Å². The molecule has 0 fully saturated rings. The van der Waals surface area contributed by atoms with Gasteiger partial charge in [0.15, 0.2) is 0 Å². The zero-order chi connectivity index (χ0) is 15.9. The predicted molar refractivity (Wildman–Crippen MR) is 90.1 cm³/mol. The van der Waals surface area contributed by atoms with Crippen LogP contribution in [0, 0.1) is 5.92 Å². The molecular formula is C14H22BrClN2O2S. The molecule has 0 atom stereocenters. The van der Waals surface area contributed by atoms with Crippen molar-refractivity contribution in [3.8, 4) is 0 Å². The molecule has 1 heterocycles. The molecular weight excluding hydrogens is 376 g/mol. The zero-order valence-corrected chi connectivity index (χ0v) is 15.6. The summed E-state index contributed by atoms with van der Waals surface area (Å²) in [6, 6.07) is 1.46. The molecule has 0 aromatic carbocycles. The third kappa shape index (κ3) is 7.08. The van der Waals surface area contributed by atoms with Crippen molar-refractivity contribution in [3.05, 3.63) is 21.9 Å². The number of hydrogen-bond acceptors (Lipinski definition) is 3. The highest BCUT2D eigenvalue weighted by atomic mass is 79.9. The second-order valence-electron chi connectivity index (χ2n) is 5.44. The first-order chi connectivity index (χ1) is 9.83. The molecule has 0 unspecified atom stereocenters. The van der Waals surface area contributed by atoms with Gasteiger partial charge in [0.2, 0.25) is 10.0 Å². The van der Waals surface area contributed by atoms with Gasteiger partial charge < -0.3 is 0 Å². The van der Waals surface area contributed by atoms with E-state index in [0.717, 1.165) is 25.2 Å². The number of nitrogens with zero attached hydrogens (tertiary/aromatic N) is 1. The Morgan fingerprint density at radius 1 is 1.29 bits per heavy atom. The topological polar surface area (TPSA) is 59.1 Å². The van der Waals surface area contributed by atoms with Crippen LogP contribution in [0.25, 0.3) is 0 Å². The average Bonchev–Trinajstić information content (AvgIpc) is 2.40. The van der Waals surface area contributed by atoms with E-state index in [1.807, 2.05) is 0 Å². The van der Waals surface area contributed by atoms with Gasteiger partial charge in [-0.3, -0.25) is 0 Å². The molecule has 0 spiro atoms. The molecule has 120 valence electrons. The van der Waals surface area contributed by atoms with Gasteiger partial charge in [0.1, 0.15) is 10.0 Å². The Balaban J connectivity index is 2.38. The molecule has 21 heavy (non-hydrogen) atoms. The molecule has 1 rings (SSSR count). The van der Waals surface area contributed by atoms with Crippen LogP contribution in [0.15, 0.2) is 21.6 Å². The van der Waals surface area contributed by atoms with Crippen LogP contribution >= 0.6 is 27.5 Å². The molecule has 1 N–H and O–H groups in total. The first-order valence-corrected chi connectivity index (χ1v) is 9.79. The van der Waals surface area contributed by atoms with Gasteiger partial charge in [0.05, 0.1) is 0 Å². The lowest BCUT2D eigenvalue weighted by atomic mass is 10.0. The van der Waals surface area contributed by atoms with Gasteiger partial charge in [0, 0.05) is 17.2 Å². The summed E-state index contributed by atoms with van der Waals surface area (Å²) in [7, 11) is -3.59. The Hall–Kier alpha value is -0.170. The van der Waals surface area contributed by atoms with Crippen molar-refractivity contribution in [1.82, 2.24) is 9.71 Å². The van der Waals surface area contributed by atoms with E-state index in [2.05, 4.69) is 39.5 Å². The van der Waals surface area contributed by atoms with Crippen molar-refractivity contribution in [2.24, 2.45) is 5.92 Å². The van der Waals surface area contributed by atoms with Crippen molar-refractivity contribution in [2.75, 3.05) is 6.54 Å². The number of pyridine rings is 1. The van der Waals surface area contributed by atoms with Gasteiger partial charge in [-0.05, 0) is 34.3 Å². The maximum atomic E-state index is 12.1. The second-order valence-corrected chi connectivity index (χ2v) is 8.45. The molecule has 0 bridgehead atoms. The Morgan fingerprint density at radius 3 is 2.62 bits per heavy atom. The zero-order valence-electron chi connectivity index (χ0n) is 12.4. The maximum absolute atomic E-state index is 12.1. The Kier molecular flexibility index (Phi) is 8.16. The van der Waals surface area contributed by atoms with E-state index in [1.54, 1.807) is 0 Å². The minimum absolute atomic E-state index is 0.0115. The van der Waals surface area contributed by atoms with E-state index >= 15 is 0 Å². The van der Waals surface area contributed by atoms with Gasteiger partial charge in [-0.15, -0.1) is 0 Å². The van der Waals surface area contributed by atoms with E-state index in [0.29, 0.717) is 11.0 Å². The highest BCUT2D eigenvalue weighted by Crippen LogP contribution is 2.22. The highest BCUT2D eigenvalue weighted by Gasteiger charge is 2.18. The number of unbranched alkanes of at least 4 members (excludes halogenated alkanes) is 3. The molecule has 0 radical (unpaired) electrons. The van der Waals surface area contributed by atoms with Crippen LogP contribution < -0.4 is 4.72 Å². The third-order valence-electron chi connectivity index (χ3n) is 3.06. The first-order valence-electron chi connectivity index (χ1n) is 7.13. The van der Waals surface area contributed by atoms with Crippen LogP contribution in [0.3, 0.4) is 0 Å². The molecule has 0 amide bonds. The third-order valence-corrected chi connectivity index (χ3v) is 5.38. The van der Waals surface area contributed by atoms with Gasteiger partial charge in [-0.1, -0.05) is 51.1 Å². The molecule has 1 aromatic heterocycles. The molecule has 7 heteroatoms. The number of hydrogen-bond donors (Lipinski definition) is 1. The molecule has 1 aromatic rings. The van der Waals surface area contributed by atoms with Crippen molar-refractivity contribution in [3.63, 3.8) is 0 Å². The molecule has 4 nitrogen and oxygen atoms in total. The molecule has 0 aliphatic heterocycles. The number of nitrogens with one attached hydrogen (secondary N) is 1. The normalized spacial score (nSPS) is 12.0. The van der Waals surface area contributed by atoms with Gasteiger partial charge in [0.25, 0.3) is 0 Å². The van der Waals surface area contributed by atoms with Gasteiger partial charge >= 0.3 is 0 Å². The van der Waals surface area contributed by atoms with Crippen LogP contribution in [0.5, 0.6) is 0 Å². The average molecular weight is 398 g/mol. The van der Waals surface area contributed by atoms with Crippen molar-refractivity contribution in [2.45, 2.75) is 50.8 Å². The minimum Gasteiger partial charge on any atom is -0.242 e. The molecule has 0 saturated carbocycles. The predicted octanol–water partition coefficient (Wildman–Crippen LogP) is 4.38. The van der Waals surface area contributed by atoms with Crippen LogP contribution in [0.1, 0.15) is 46.0 Å². The maximum Gasteiger partial charge on any atom is 0.243 e. The van der Waals surface area contributed by atoms with Crippen LogP contribution in [-0.4, -0.2) is 19.9 Å². The number of sulfonamides is 1. The molecule has 0 saturated heterocycles. The summed E-state index contributed by atoms with van der Waals surface area (Å²) in [4.78, 5) is 3.84. The smallest absolute Gasteiger partial charge is 0.242 e. The number of rotatable bonds is 9. The summed E-state index contributed by atoms with van der Waals surface area (Å²) in [5.74, 6) is 0.731. The van der Waals surface area contributed by atoms with E-state index in [9.17, 15) is 8.42 Å². The Labute approximate surface area is 140 Å². The monoisotopic (exact) mass is 396 g/mol. The SMILES string of the molecule is CC(C)CCCCCCNS(=O)(=O)c1cc(Br)cnc1Cl. The minimum atomic E-state index is -3.59. The summed E-state index contributed by atoms with van der Waals surface area (Å²) in [6.07, 6.45) is 6.89. The fourth-order valence-corrected chi connectivity index (χ4v) is 3.92. The Bertz CT molecular complexity index is 550. The summed E-state index contributed by atoms with van der Waals surface area (Å²) in [5.41, 5.74) is 0. The lowest BCUT2D eigenvalue weighted by Gasteiger charge is -2.08. The molecule has 0 aliphatic carbocycles. The van der Waals surface area contributed by atoms with Crippen LogP contribution in [-0.2, 0) is 10.0 Å². The first kappa shape index (κ1) is 18.9. The van der Waals surface area contributed by atoms with E-state index < -0.39 is 10.0 Å². The summed E-state index contributed by atoms with van der Waals surface area (Å²) >= 11 is 9.04. The largest absolute Gasteiger partial charge is 0.243 e. The quantitative estimate of drug-likeness (QED) is 0.497. The van der Waals surface area contributed by atoms with Gasteiger partial charge in [-0.25, -0.2) is 18.1 Å². The summed E-state index contributed by atoms with van der Waals surface area (Å²) in [6.45, 7) is 4.85. The summed E-state index contributed by atoms with van der Waals surface area (Å²) in [5, 5.41) is -0.0115. The second kappa shape index (κ2) is 9.08. The van der Waals surface area contributed by atoms with Crippen molar-refractivity contribution < 1.29 is 8.42 Å².